The average molecular weight is 558 g/mol. The fraction of sp³-hybridized carbons (Fsp3) is 0.500. The molecule has 4 rings (SSSR count). The first kappa shape index (κ1) is 27.9. The monoisotopic (exact) mass is 557 g/mol. The number of ether oxygens (including phenoxy) is 1. The van der Waals surface area contributed by atoms with Crippen LogP contribution in [0.15, 0.2) is 42.5 Å². The van der Waals surface area contributed by atoms with E-state index in [0.717, 1.165) is 73.8 Å². The van der Waals surface area contributed by atoms with Gasteiger partial charge in [-0.05, 0) is 80.3 Å². The maximum atomic E-state index is 13.3. The SMILES string of the molecule is ON(O)c1ccc(NC2CCC(OCC(=S)N3CCC(c4ccc(Cl)cc4)CC3)CC2)cc1C(F)(F)F. The van der Waals surface area contributed by atoms with Crippen molar-refractivity contribution in [2.75, 3.05) is 30.2 Å². The lowest BCUT2D eigenvalue weighted by molar-refractivity contribution is -0.138. The number of benzene rings is 2. The Morgan fingerprint density at radius 2 is 1.68 bits per heavy atom. The summed E-state index contributed by atoms with van der Waals surface area (Å²) in [5, 5.41) is 21.5. The highest BCUT2D eigenvalue weighted by Gasteiger charge is 2.35. The first-order chi connectivity index (χ1) is 17.6. The van der Waals surface area contributed by atoms with Crippen LogP contribution >= 0.6 is 23.8 Å². The lowest BCUT2D eigenvalue weighted by atomic mass is 9.89. The van der Waals surface area contributed by atoms with E-state index in [1.54, 1.807) is 0 Å². The van der Waals surface area contributed by atoms with Crippen molar-refractivity contribution in [2.45, 2.75) is 62.8 Å². The standard InChI is InChI=1S/C26H31ClF3N3O3S/c27-19-3-1-17(2-4-19)18-11-13-32(14-12-18)25(37)16-36-22-8-5-20(6-9-22)31-21-7-10-24(33(34)35)23(15-21)26(28,29)30/h1-4,7,10,15,18,20,22,31,34-35H,5-6,8-9,11-14,16H2. The molecule has 1 saturated heterocycles. The average Bonchev–Trinajstić information content (AvgIpc) is 2.88. The highest BCUT2D eigenvalue weighted by atomic mass is 35.5. The fourth-order valence-electron chi connectivity index (χ4n) is 5.11. The molecule has 0 aromatic heterocycles. The summed E-state index contributed by atoms with van der Waals surface area (Å²) in [7, 11) is 0. The normalized spacial score (nSPS) is 21.1. The molecule has 2 aromatic carbocycles. The van der Waals surface area contributed by atoms with E-state index in [-0.39, 0.29) is 17.8 Å². The number of hydrogen-bond donors (Lipinski definition) is 3. The molecule has 0 amide bonds. The molecule has 0 radical (unpaired) electrons. The molecule has 37 heavy (non-hydrogen) atoms. The number of likely N-dealkylation sites (tertiary alicyclic amines) is 1. The largest absolute Gasteiger partial charge is 0.418 e. The molecule has 1 saturated carbocycles. The minimum atomic E-state index is -4.72. The van der Waals surface area contributed by atoms with E-state index in [1.807, 2.05) is 12.1 Å². The van der Waals surface area contributed by atoms with Gasteiger partial charge in [-0.1, -0.05) is 36.0 Å². The van der Waals surface area contributed by atoms with Crippen molar-refractivity contribution in [2.24, 2.45) is 0 Å². The van der Waals surface area contributed by atoms with Gasteiger partial charge in [-0.25, -0.2) is 0 Å². The van der Waals surface area contributed by atoms with E-state index in [0.29, 0.717) is 12.5 Å². The predicted molar refractivity (Wildman–Crippen MR) is 141 cm³/mol. The van der Waals surface area contributed by atoms with Crippen LogP contribution in [0.2, 0.25) is 5.02 Å². The van der Waals surface area contributed by atoms with E-state index in [9.17, 15) is 13.2 Å². The molecule has 3 N–H and O–H groups in total. The van der Waals surface area contributed by atoms with Crippen LogP contribution in [0.25, 0.3) is 0 Å². The Balaban J connectivity index is 1.19. The molecule has 202 valence electrons. The Morgan fingerprint density at radius 1 is 1.03 bits per heavy atom. The van der Waals surface area contributed by atoms with Crippen LogP contribution < -0.4 is 10.5 Å². The van der Waals surface area contributed by atoms with Gasteiger partial charge in [-0.3, -0.25) is 10.4 Å². The molecule has 0 spiro atoms. The van der Waals surface area contributed by atoms with Gasteiger partial charge in [0.1, 0.15) is 10.7 Å². The molecular weight excluding hydrogens is 527 g/mol. The number of halogens is 4. The lowest BCUT2D eigenvalue weighted by Gasteiger charge is -2.35. The third kappa shape index (κ3) is 7.48. The minimum Gasteiger partial charge on any atom is -0.382 e. The van der Waals surface area contributed by atoms with Gasteiger partial charge >= 0.3 is 6.18 Å². The molecule has 0 atom stereocenters. The Labute approximate surface area is 224 Å². The van der Waals surface area contributed by atoms with Crippen LogP contribution in [0.4, 0.5) is 24.5 Å². The summed E-state index contributed by atoms with van der Waals surface area (Å²) in [5.74, 6) is 0.509. The summed E-state index contributed by atoms with van der Waals surface area (Å²) in [6, 6.07) is 11.4. The van der Waals surface area contributed by atoms with Crippen LogP contribution in [-0.2, 0) is 10.9 Å². The zero-order chi connectivity index (χ0) is 26.6. The lowest BCUT2D eigenvalue weighted by Crippen LogP contribution is -2.40. The predicted octanol–water partition coefficient (Wildman–Crippen LogP) is 6.89. The molecule has 1 heterocycles. The second kappa shape index (κ2) is 12.2. The van der Waals surface area contributed by atoms with E-state index in [4.69, 9.17) is 39.0 Å². The van der Waals surface area contributed by atoms with Crippen molar-refractivity contribution in [1.29, 1.82) is 0 Å². The Kier molecular flexibility index (Phi) is 9.18. The smallest absolute Gasteiger partial charge is 0.382 e. The molecule has 11 heteroatoms. The Morgan fingerprint density at radius 3 is 2.27 bits per heavy atom. The van der Waals surface area contributed by atoms with Gasteiger partial charge in [0.05, 0.1) is 18.3 Å². The van der Waals surface area contributed by atoms with Crippen molar-refractivity contribution < 1.29 is 28.3 Å². The van der Waals surface area contributed by atoms with E-state index in [1.165, 1.54) is 11.6 Å². The van der Waals surface area contributed by atoms with Gasteiger partial charge in [0.2, 0.25) is 0 Å². The summed E-state index contributed by atoms with van der Waals surface area (Å²) in [4.78, 5) is 3.04. The summed E-state index contributed by atoms with van der Waals surface area (Å²) in [6.45, 7) is 2.20. The Bertz CT molecular complexity index is 1060. The summed E-state index contributed by atoms with van der Waals surface area (Å²) in [6.07, 6.45) is 0.473. The molecule has 2 aromatic rings. The van der Waals surface area contributed by atoms with Crippen molar-refractivity contribution in [3.8, 4) is 0 Å². The Hall–Kier alpha value is -2.11. The quantitative estimate of drug-likeness (QED) is 0.253. The number of alkyl halides is 3. The second-order valence-corrected chi connectivity index (χ2v) is 10.6. The van der Waals surface area contributed by atoms with Crippen molar-refractivity contribution in [1.82, 2.24) is 4.90 Å². The minimum absolute atomic E-state index is 0.00462. The maximum Gasteiger partial charge on any atom is 0.418 e. The maximum absolute atomic E-state index is 13.3. The topological polar surface area (TPSA) is 68.2 Å². The third-order valence-corrected chi connectivity index (χ3v) is 7.82. The van der Waals surface area contributed by atoms with Crippen LogP contribution in [0.3, 0.4) is 0 Å². The van der Waals surface area contributed by atoms with Crippen LogP contribution in [0.5, 0.6) is 0 Å². The zero-order valence-corrected chi connectivity index (χ0v) is 21.8. The number of nitrogens with zero attached hydrogens (tertiary/aromatic N) is 2. The molecule has 0 unspecified atom stereocenters. The molecule has 2 aliphatic rings. The summed E-state index contributed by atoms with van der Waals surface area (Å²) < 4.78 is 46.0. The molecule has 2 fully saturated rings. The molecule has 1 aliphatic carbocycles. The number of piperidine rings is 1. The molecule has 0 bridgehead atoms. The zero-order valence-electron chi connectivity index (χ0n) is 20.3. The number of nitrogens with one attached hydrogen (secondary N) is 1. The summed E-state index contributed by atoms with van der Waals surface area (Å²) in [5.41, 5.74) is -0.248. The van der Waals surface area contributed by atoms with Crippen molar-refractivity contribution in [3.63, 3.8) is 0 Å². The highest BCUT2D eigenvalue weighted by Crippen LogP contribution is 2.38. The van der Waals surface area contributed by atoms with Gasteiger partial charge in [0, 0.05) is 29.8 Å². The van der Waals surface area contributed by atoms with Crippen LogP contribution in [-0.4, -0.2) is 52.1 Å². The number of thiocarbonyl (C=S) groups is 1. The van der Waals surface area contributed by atoms with Gasteiger partial charge in [0.15, 0.2) is 0 Å². The van der Waals surface area contributed by atoms with Crippen LogP contribution in [0, 0.1) is 0 Å². The van der Waals surface area contributed by atoms with Gasteiger partial charge in [-0.2, -0.15) is 13.2 Å². The van der Waals surface area contributed by atoms with Crippen LogP contribution in [0.1, 0.15) is 55.6 Å². The molecular formula is C26H31ClF3N3O3S. The fourth-order valence-corrected chi connectivity index (χ4v) is 5.49. The van der Waals surface area contributed by atoms with E-state index >= 15 is 0 Å². The van der Waals surface area contributed by atoms with Gasteiger partial charge in [0.25, 0.3) is 0 Å². The highest BCUT2D eigenvalue weighted by molar-refractivity contribution is 7.80. The summed E-state index contributed by atoms with van der Waals surface area (Å²) >= 11 is 11.6. The van der Waals surface area contributed by atoms with Gasteiger partial charge < -0.3 is 15.0 Å². The van der Waals surface area contributed by atoms with E-state index in [2.05, 4.69) is 22.3 Å². The third-order valence-electron chi connectivity index (χ3n) is 7.19. The van der Waals surface area contributed by atoms with E-state index < -0.39 is 22.7 Å². The molecule has 1 aliphatic heterocycles. The first-order valence-corrected chi connectivity index (χ1v) is 13.2. The first-order valence-electron chi connectivity index (χ1n) is 12.4. The van der Waals surface area contributed by atoms with Crippen molar-refractivity contribution >= 4 is 40.2 Å². The number of hydrogen-bond acceptors (Lipinski definition) is 6. The molecule has 6 nitrogen and oxygen atoms in total. The van der Waals surface area contributed by atoms with Gasteiger partial charge in [-0.15, -0.1) is 5.23 Å². The number of anilines is 2. The second-order valence-electron chi connectivity index (χ2n) is 9.65. The van der Waals surface area contributed by atoms with Crippen molar-refractivity contribution in [3.05, 3.63) is 58.6 Å². The number of rotatable bonds is 7.